The molecule has 15 atom stereocenters. The highest BCUT2D eigenvalue weighted by Crippen LogP contribution is 2.43. The molecule has 4 aliphatic heterocycles. The first kappa shape index (κ1) is 62.6. The Labute approximate surface area is 497 Å². The summed E-state index contributed by atoms with van der Waals surface area (Å²) >= 11 is 1.27. The molecule has 0 aliphatic carbocycles. The maximum absolute atomic E-state index is 15.1. The second-order valence-corrected chi connectivity index (χ2v) is 22.2. The molecule has 9 rings (SSSR count). The monoisotopic (exact) mass is 1190 g/mol. The van der Waals surface area contributed by atoms with E-state index in [0.717, 1.165) is 54.8 Å². The first-order valence-corrected chi connectivity index (χ1v) is 29.3. The van der Waals surface area contributed by atoms with Crippen molar-refractivity contribution in [1.29, 1.82) is 0 Å². The number of ether oxygens (including phenoxy) is 13. The zero-order valence-corrected chi connectivity index (χ0v) is 48.9. The average molecular weight is 1190 g/mol. The quantitative estimate of drug-likeness (QED) is 0.0310. The molecule has 2 amide bonds. The van der Waals surface area contributed by atoms with Gasteiger partial charge in [-0.2, -0.15) is 0 Å². The minimum Gasteiger partial charge on any atom is -0.463 e. The number of nitrogens with zero attached hydrogens (tertiary/aromatic N) is 1. The fourth-order valence-corrected chi connectivity index (χ4v) is 11.9. The summed E-state index contributed by atoms with van der Waals surface area (Å²) in [6.07, 6.45) is -17.5. The van der Waals surface area contributed by atoms with Gasteiger partial charge in [0.2, 0.25) is 0 Å². The van der Waals surface area contributed by atoms with Crippen LogP contribution in [0.1, 0.15) is 84.5 Å². The molecule has 0 saturated carbocycles. The second-order valence-electron chi connectivity index (χ2n) is 20.8. The molecule has 3 fully saturated rings. The van der Waals surface area contributed by atoms with Crippen LogP contribution in [0.5, 0.6) is 0 Å². The molecule has 21 heteroatoms. The van der Waals surface area contributed by atoms with Gasteiger partial charge in [-0.1, -0.05) is 140 Å². The minimum atomic E-state index is -1.85. The molecule has 0 bridgehead atoms. The molecule has 4 heterocycles. The maximum Gasteiger partial charge on any atom is 0.303 e. The number of carbonyl (C=O) groups is 6. The molecule has 5 aromatic rings. The van der Waals surface area contributed by atoms with Crippen LogP contribution in [0.15, 0.2) is 146 Å². The van der Waals surface area contributed by atoms with E-state index in [4.69, 9.17) is 61.6 Å². The van der Waals surface area contributed by atoms with E-state index in [-0.39, 0.29) is 44.2 Å². The van der Waals surface area contributed by atoms with E-state index < -0.39 is 133 Å². The summed E-state index contributed by atoms with van der Waals surface area (Å²) in [5.41, 5.74) is 2.54. The van der Waals surface area contributed by atoms with E-state index in [1.54, 1.807) is 24.3 Å². The predicted molar refractivity (Wildman–Crippen MR) is 305 cm³/mol. The number of hydrogen-bond donors (Lipinski definition) is 0. The molecule has 85 heavy (non-hydrogen) atoms. The van der Waals surface area contributed by atoms with Gasteiger partial charge in [0.1, 0.15) is 60.8 Å². The Morgan fingerprint density at radius 3 is 1.40 bits per heavy atom. The number of fused-ring (bicyclic) bond motifs is 1. The van der Waals surface area contributed by atoms with Gasteiger partial charge in [-0.05, 0) is 47.1 Å². The van der Waals surface area contributed by atoms with Crippen LogP contribution in [0.2, 0.25) is 0 Å². The first-order chi connectivity index (χ1) is 41.2. The van der Waals surface area contributed by atoms with E-state index in [1.165, 1.54) is 11.8 Å². The zero-order chi connectivity index (χ0) is 60.0. The first-order valence-electron chi connectivity index (χ1n) is 28.3. The summed E-state index contributed by atoms with van der Waals surface area (Å²) in [6, 6.07) is 43.2. The van der Waals surface area contributed by atoms with Crippen molar-refractivity contribution in [3.63, 3.8) is 0 Å². The summed E-state index contributed by atoms with van der Waals surface area (Å²) < 4.78 is 85.8. The van der Waals surface area contributed by atoms with E-state index >= 15 is 9.59 Å². The topological polar surface area (TPSA) is 226 Å². The number of benzene rings is 5. The van der Waals surface area contributed by atoms with Gasteiger partial charge in [0.15, 0.2) is 30.9 Å². The highest BCUT2D eigenvalue weighted by atomic mass is 32.2. The minimum absolute atomic E-state index is 0.0437. The second kappa shape index (κ2) is 30.0. The smallest absolute Gasteiger partial charge is 0.303 e. The summed E-state index contributed by atoms with van der Waals surface area (Å²) in [7, 11) is 0. The standard InChI is InChI=1S/C64H71NO19S/c1-7-85-64-51(65-60(70)47-30-20-21-31-48(47)61(65)71)55(84-63-59(80-42(6)69)57(79-41(5)68)54(78-40(4)67)50(81-63)37-73-39(3)66)53(49(82-64)36-72-32-43-22-12-8-13-23-43)83-62-58(76-35-46-28-18-11-19-29-46)56(75-34-45-26-16-10-17-27-45)52(38(2)77-62)74-33-44-24-14-9-15-25-44/h8-31,38,49-59,62-64H,7,32-37H2,1-6H3/t38-,49+,50+,51+,52+,53+,54-,55+,56+,57-,58-,59+,62-,63-,64-/m0/s1. The van der Waals surface area contributed by atoms with Gasteiger partial charge < -0.3 is 61.6 Å². The number of amides is 2. The van der Waals surface area contributed by atoms with Crippen molar-refractivity contribution in [2.24, 2.45) is 0 Å². The molecule has 5 aromatic carbocycles. The fourth-order valence-electron chi connectivity index (χ4n) is 10.9. The van der Waals surface area contributed by atoms with Crippen LogP contribution >= 0.6 is 11.8 Å². The molecular weight excluding hydrogens is 1120 g/mol. The molecule has 4 aliphatic rings. The van der Waals surface area contributed by atoms with Gasteiger partial charge in [0.25, 0.3) is 11.8 Å². The van der Waals surface area contributed by atoms with Crippen molar-refractivity contribution in [3.8, 4) is 0 Å². The average Bonchev–Trinajstić information content (AvgIpc) is 2.07. The number of esters is 4. The lowest BCUT2D eigenvalue weighted by Gasteiger charge is -2.52. The Hall–Kier alpha value is -6.89. The Balaban J connectivity index is 1.21. The third-order valence-electron chi connectivity index (χ3n) is 14.6. The van der Waals surface area contributed by atoms with Crippen LogP contribution in [-0.4, -0.2) is 151 Å². The van der Waals surface area contributed by atoms with Gasteiger partial charge >= 0.3 is 23.9 Å². The van der Waals surface area contributed by atoms with Gasteiger partial charge in [0.05, 0.1) is 50.3 Å². The Morgan fingerprint density at radius 2 is 0.894 bits per heavy atom. The highest BCUT2D eigenvalue weighted by molar-refractivity contribution is 7.99. The van der Waals surface area contributed by atoms with Gasteiger partial charge in [-0.3, -0.25) is 33.7 Å². The number of thioether (sulfide) groups is 1. The summed E-state index contributed by atoms with van der Waals surface area (Å²) in [6.45, 7) is 7.87. The number of carbonyl (C=O) groups excluding carboxylic acids is 6. The van der Waals surface area contributed by atoms with Crippen LogP contribution in [0.4, 0.5) is 0 Å². The third-order valence-corrected chi connectivity index (χ3v) is 15.6. The Morgan fingerprint density at radius 1 is 0.459 bits per heavy atom. The fraction of sp³-hybridized carbons (Fsp3) is 0.438. The van der Waals surface area contributed by atoms with Gasteiger partial charge in [-0.25, -0.2) is 0 Å². The molecule has 0 unspecified atom stereocenters. The molecule has 0 N–H and O–H groups in total. The van der Waals surface area contributed by atoms with Crippen molar-refractivity contribution in [2.75, 3.05) is 19.0 Å². The Kier molecular flexibility index (Phi) is 22.1. The lowest BCUT2D eigenvalue weighted by molar-refractivity contribution is -0.368. The molecular formula is C64H71NO19S. The Bertz CT molecular complexity index is 2980. The third kappa shape index (κ3) is 16.0. The lowest BCUT2D eigenvalue weighted by Crippen LogP contribution is -2.70. The van der Waals surface area contributed by atoms with Crippen LogP contribution < -0.4 is 0 Å². The van der Waals surface area contributed by atoms with Crippen molar-refractivity contribution >= 4 is 47.5 Å². The van der Waals surface area contributed by atoms with Crippen molar-refractivity contribution in [3.05, 3.63) is 179 Å². The molecule has 3 saturated heterocycles. The van der Waals surface area contributed by atoms with Crippen LogP contribution in [-0.2, 0) is 107 Å². The summed E-state index contributed by atoms with van der Waals surface area (Å²) in [5, 5.41) is 0. The molecule has 452 valence electrons. The highest BCUT2D eigenvalue weighted by Gasteiger charge is 2.61. The lowest BCUT2D eigenvalue weighted by atomic mass is 9.94. The largest absolute Gasteiger partial charge is 0.463 e. The number of rotatable bonds is 25. The van der Waals surface area contributed by atoms with Gasteiger partial charge in [-0.15, -0.1) is 11.8 Å². The van der Waals surface area contributed by atoms with Crippen molar-refractivity contribution in [1.82, 2.24) is 4.90 Å². The summed E-state index contributed by atoms with van der Waals surface area (Å²) in [5.74, 6) is -4.31. The van der Waals surface area contributed by atoms with Gasteiger partial charge in [0, 0.05) is 27.7 Å². The summed E-state index contributed by atoms with van der Waals surface area (Å²) in [4.78, 5) is 83.0. The van der Waals surface area contributed by atoms with Crippen molar-refractivity contribution < 1.29 is 90.3 Å². The molecule has 0 aromatic heterocycles. The molecule has 20 nitrogen and oxygen atoms in total. The molecule has 0 spiro atoms. The number of hydrogen-bond acceptors (Lipinski definition) is 20. The zero-order valence-electron chi connectivity index (χ0n) is 48.1. The van der Waals surface area contributed by atoms with E-state index in [1.807, 2.05) is 135 Å². The molecule has 0 radical (unpaired) electrons. The van der Waals surface area contributed by atoms with E-state index in [2.05, 4.69) is 0 Å². The predicted octanol–water partition coefficient (Wildman–Crippen LogP) is 7.70. The SMILES string of the molecule is CCS[C@@H]1O[C@H](COCc2ccccc2)[C@@H](O[C@@H]2O[C@@H](C)[C@@H](OCc3ccccc3)[C@@H](OCc3ccccc3)[C@@H]2OCc2ccccc2)[C@H](O[C@@H]2O[C@H](COC(C)=O)[C@H](OC(C)=O)[C@H](OC(C)=O)[C@H]2OC(C)=O)[C@H]1N1C(=O)c2ccccc2C1=O. The van der Waals surface area contributed by atoms with Crippen molar-refractivity contribution in [2.45, 2.75) is 159 Å². The normalized spacial score (nSPS) is 28.3. The van der Waals surface area contributed by atoms with Crippen LogP contribution in [0, 0.1) is 0 Å². The number of imide groups is 1. The maximum atomic E-state index is 15.1. The van der Waals surface area contributed by atoms with Crippen LogP contribution in [0.25, 0.3) is 0 Å². The van der Waals surface area contributed by atoms with Crippen LogP contribution in [0.3, 0.4) is 0 Å². The van der Waals surface area contributed by atoms with E-state index in [9.17, 15) is 19.2 Å². The van der Waals surface area contributed by atoms with E-state index in [0.29, 0.717) is 5.75 Å².